The summed E-state index contributed by atoms with van der Waals surface area (Å²) in [5, 5.41) is 18.0. The van der Waals surface area contributed by atoms with Gasteiger partial charge in [0.05, 0.1) is 34.2 Å². The van der Waals surface area contributed by atoms with Crippen molar-refractivity contribution in [3.63, 3.8) is 0 Å². The topological polar surface area (TPSA) is 114 Å². The van der Waals surface area contributed by atoms with Crippen molar-refractivity contribution in [3.05, 3.63) is 47.5 Å². The van der Waals surface area contributed by atoms with Crippen LogP contribution in [0.25, 0.3) is 22.2 Å². The maximum absolute atomic E-state index is 13.4. The minimum absolute atomic E-state index is 0.0827. The van der Waals surface area contributed by atoms with Crippen molar-refractivity contribution in [2.24, 2.45) is 0 Å². The molecule has 1 saturated heterocycles. The lowest BCUT2D eigenvalue weighted by atomic mass is 9.99. The number of benzene rings is 2. The first-order valence-electron chi connectivity index (χ1n) is 10.8. The molecule has 8 nitrogen and oxygen atoms in total. The summed E-state index contributed by atoms with van der Waals surface area (Å²) in [5.41, 5.74) is 1.40. The fourth-order valence-corrected chi connectivity index (χ4v) is 6.34. The number of halogens is 1. The molecular weight excluding hydrogens is 459 g/mol. The van der Waals surface area contributed by atoms with Crippen LogP contribution in [-0.4, -0.2) is 47.5 Å². The van der Waals surface area contributed by atoms with Gasteiger partial charge in [0, 0.05) is 29.5 Å². The third-order valence-electron chi connectivity index (χ3n) is 5.58. The summed E-state index contributed by atoms with van der Waals surface area (Å²) in [6.45, 7) is 6.83. The van der Waals surface area contributed by atoms with Crippen molar-refractivity contribution < 1.29 is 22.3 Å². The fraction of sp³-hybridized carbons (Fsp3) is 0.375. The molecule has 0 spiro atoms. The van der Waals surface area contributed by atoms with E-state index in [1.165, 1.54) is 13.0 Å². The molecule has 0 aliphatic carbocycles. The number of nitrogens with zero attached hydrogens (tertiary/aromatic N) is 3. The van der Waals surface area contributed by atoms with Gasteiger partial charge in [0.15, 0.2) is 9.84 Å². The highest BCUT2D eigenvalue weighted by molar-refractivity contribution is 7.93. The predicted octanol–water partition coefficient (Wildman–Crippen LogP) is 3.77. The highest BCUT2D eigenvalue weighted by Crippen LogP contribution is 2.35. The molecule has 1 fully saturated rings. The smallest absolute Gasteiger partial charge is 0.251 e. The first-order valence-corrected chi connectivity index (χ1v) is 12.6. The number of nitriles is 1. The molecule has 1 amide bonds. The average Bonchev–Trinajstić information content (AvgIpc) is 3.11. The Morgan fingerprint density at radius 2 is 1.97 bits per heavy atom. The summed E-state index contributed by atoms with van der Waals surface area (Å²) >= 11 is 0. The molecule has 1 aliphatic heterocycles. The van der Waals surface area contributed by atoms with E-state index in [0.717, 1.165) is 0 Å². The van der Waals surface area contributed by atoms with E-state index in [1.54, 1.807) is 41.9 Å². The van der Waals surface area contributed by atoms with Crippen LogP contribution in [0.5, 0.6) is 5.75 Å². The minimum Gasteiger partial charge on any atom is -0.461 e. The molecule has 3 aromatic rings. The predicted molar refractivity (Wildman–Crippen MR) is 126 cm³/mol. The van der Waals surface area contributed by atoms with Crippen LogP contribution in [0.15, 0.2) is 36.4 Å². The summed E-state index contributed by atoms with van der Waals surface area (Å²) < 4.78 is 43.4. The van der Waals surface area contributed by atoms with Crippen molar-refractivity contribution in [1.29, 1.82) is 5.26 Å². The van der Waals surface area contributed by atoms with E-state index in [0.29, 0.717) is 27.9 Å². The summed E-state index contributed by atoms with van der Waals surface area (Å²) in [4.78, 5) is 13.0. The Labute approximate surface area is 197 Å². The van der Waals surface area contributed by atoms with Gasteiger partial charge in [0.1, 0.15) is 11.4 Å². The van der Waals surface area contributed by atoms with Crippen LogP contribution in [-0.2, 0) is 9.84 Å². The van der Waals surface area contributed by atoms with Gasteiger partial charge in [-0.25, -0.2) is 12.8 Å². The fourth-order valence-electron chi connectivity index (χ4n) is 4.33. The Morgan fingerprint density at radius 3 is 2.56 bits per heavy atom. The summed E-state index contributed by atoms with van der Waals surface area (Å²) in [7, 11) is -3.14. The number of alkyl halides is 1. The Hall–Kier alpha value is -3.45. The number of fused-ring (bicyclic) bond motifs is 1. The molecular formula is C24H25FN4O4S. The van der Waals surface area contributed by atoms with E-state index < -0.39 is 27.6 Å². The zero-order chi connectivity index (χ0) is 24.8. The van der Waals surface area contributed by atoms with Gasteiger partial charge in [-0.1, -0.05) is 12.1 Å². The highest BCUT2D eigenvalue weighted by Gasteiger charge is 2.45. The van der Waals surface area contributed by atoms with E-state index in [4.69, 9.17) is 9.84 Å². The Balaban J connectivity index is 1.82. The summed E-state index contributed by atoms with van der Waals surface area (Å²) in [5.74, 6) is -0.370. The van der Waals surface area contributed by atoms with Crippen molar-refractivity contribution >= 4 is 26.6 Å². The first-order chi connectivity index (χ1) is 15.9. The number of carbonyl (C=O) groups excluding carboxylic acids is 1. The molecule has 10 heteroatoms. The van der Waals surface area contributed by atoms with Crippen LogP contribution in [0.4, 0.5) is 4.39 Å². The molecule has 1 aliphatic rings. The molecule has 1 unspecified atom stereocenters. The van der Waals surface area contributed by atoms with E-state index in [9.17, 15) is 22.9 Å². The van der Waals surface area contributed by atoms with Crippen molar-refractivity contribution in [1.82, 2.24) is 15.1 Å². The quantitative estimate of drug-likeness (QED) is 0.570. The molecule has 0 bridgehead atoms. The molecule has 0 radical (unpaired) electrons. The lowest BCUT2D eigenvalue weighted by molar-refractivity contribution is 0.0860. The highest BCUT2D eigenvalue weighted by atomic mass is 32.2. The Bertz CT molecular complexity index is 1430. The normalized spacial score (nSPS) is 17.1. The largest absolute Gasteiger partial charge is 0.461 e. The van der Waals surface area contributed by atoms with Gasteiger partial charge in [-0.2, -0.15) is 10.4 Å². The van der Waals surface area contributed by atoms with Crippen LogP contribution in [0, 0.1) is 11.3 Å². The number of sulfone groups is 1. The number of nitrogens with one attached hydrogen (secondary N) is 1. The number of amides is 1. The SMILES string of the molecule is CC(F)Oc1cccc(-c2nn(C(C)C)c3cc(C(=O)NC4(C)CS(=O)(=O)C4)cc(C#N)c23)c1. The van der Waals surface area contributed by atoms with Crippen LogP contribution < -0.4 is 10.1 Å². The van der Waals surface area contributed by atoms with Gasteiger partial charge in [0.25, 0.3) is 5.91 Å². The molecule has 2 aromatic carbocycles. The number of rotatable bonds is 6. The van der Waals surface area contributed by atoms with Gasteiger partial charge in [-0.05, 0) is 45.0 Å². The lowest BCUT2D eigenvalue weighted by Gasteiger charge is -2.38. The maximum Gasteiger partial charge on any atom is 0.251 e. The Morgan fingerprint density at radius 1 is 1.26 bits per heavy atom. The summed E-state index contributed by atoms with van der Waals surface area (Å²) in [6, 6.07) is 12.0. The van der Waals surface area contributed by atoms with Gasteiger partial charge in [0.2, 0.25) is 6.36 Å². The molecule has 4 rings (SSSR count). The maximum atomic E-state index is 13.4. The van der Waals surface area contributed by atoms with E-state index >= 15 is 0 Å². The molecule has 1 atom stereocenters. The van der Waals surface area contributed by atoms with Gasteiger partial charge in [-0.15, -0.1) is 0 Å². The van der Waals surface area contributed by atoms with Gasteiger partial charge in [-0.3, -0.25) is 9.48 Å². The lowest BCUT2D eigenvalue weighted by Crippen LogP contribution is -2.63. The third kappa shape index (κ3) is 4.48. The average molecular weight is 485 g/mol. The van der Waals surface area contributed by atoms with Gasteiger partial charge >= 0.3 is 0 Å². The van der Waals surface area contributed by atoms with Crippen molar-refractivity contribution in [3.8, 4) is 23.1 Å². The number of ether oxygens (including phenoxy) is 1. The molecule has 0 saturated carbocycles. The molecule has 178 valence electrons. The van der Waals surface area contributed by atoms with Gasteiger partial charge < -0.3 is 10.1 Å². The molecule has 34 heavy (non-hydrogen) atoms. The van der Waals surface area contributed by atoms with E-state index in [1.807, 2.05) is 13.8 Å². The number of aromatic nitrogens is 2. The minimum atomic E-state index is -3.14. The monoisotopic (exact) mass is 484 g/mol. The van der Waals surface area contributed by atoms with Crippen molar-refractivity contribution in [2.45, 2.75) is 45.6 Å². The second kappa shape index (κ2) is 8.40. The van der Waals surface area contributed by atoms with Crippen LogP contribution in [0.1, 0.15) is 49.7 Å². The van der Waals surface area contributed by atoms with Crippen molar-refractivity contribution in [2.75, 3.05) is 11.5 Å². The molecule has 1 N–H and O–H groups in total. The molecule has 1 aromatic heterocycles. The number of hydrogen-bond donors (Lipinski definition) is 1. The van der Waals surface area contributed by atoms with E-state index in [2.05, 4.69) is 11.4 Å². The molecule has 2 heterocycles. The third-order valence-corrected chi connectivity index (χ3v) is 7.73. The zero-order valence-corrected chi connectivity index (χ0v) is 20.1. The van der Waals surface area contributed by atoms with Crippen LogP contribution >= 0.6 is 0 Å². The van der Waals surface area contributed by atoms with Crippen LogP contribution in [0.3, 0.4) is 0 Å². The first kappa shape index (κ1) is 23.7. The summed E-state index contributed by atoms with van der Waals surface area (Å²) in [6.07, 6.45) is -1.48. The standard InChI is InChI=1S/C24H25FN4O4S/c1-14(2)29-20-10-17(23(30)27-24(4)12-34(31,32)13-24)8-18(11-26)21(20)22(28-29)16-6-5-7-19(9-16)33-15(3)25/h5-10,14-15H,12-13H2,1-4H3,(H,27,30). The number of hydrogen-bond acceptors (Lipinski definition) is 6. The zero-order valence-electron chi connectivity index (χ0n) is 19.3. The second-order valence-corrected chi connectivity index (χ2v) is 11.2. The number of carbonyl (C=O) groups is 1. The van der Waals surface area contributed by atoms with E-state index in [-0.39, 0.29) is 28.7 Å². The Kier molecular flexibility index (Phi) is 5.85. The second-order valence-electron chi connectivity index (χ2n) is 9.15. The van der Waals surface area contributed by atoms with Crippen LogP contribution in [0.2, 0.25) is 0 Å².